The van der Waals surface area contributed by atoms with Gasteiger partial charge >= 0.3 is 11.7 Å². The van der Waals surface area contributed by atoms with Gasteiger partial charge in [-0.25, -0.2) is 4.79 Å². The van der Waals surface area contributed by atoms with Crippen LogP contribution < -0.4 is 11.0 Å². The lowest BCUT2D eigenvalue weighted by Gasteiger charge is -2.28. The summed E-state index contributed by atoms with van der Waals surface area (Å²) in [6, 6.07) is 5.31. The van der Waals surface area contributed by atoms with E-state index in [0.717, 1.165) is 49.6 Å². The van der Waals surface area contributed by atoms with Gasteiger partial charge in [-0.1, -0.05) is 18.9 Å². The Morgan fingerprint density at radius 1 is 1.06 bits per heavy atom. The molecule has 2 aromatic rings. The first-order chi connectivity index (χ1) is 14.8. The number of imidazole rings is 1. The fraction of sp³-hybridized carbons (Fsp3) is 0.565. The van der Waals surface area contributed by atoms with Crippen LogP contribution in [0.3, 0.4) is 0 Å². The average Bonchev–Trinajstić information content (AvgIpc) is 2.98. The predicted molar refractivity (Wildman–Crippen MR) is 115 cm³/mol. The van der Waals surface area contributed by atoms with Crippen LogP contribution in [-0.2, 0) is 27.9 Å². The highest BCUT2D eigenvalue weighted by atomic mass is 16.4. The number of aromatic nitrogens is 2. The molecular weight excluding hydrogens is 398 g/mol. The topological polar surface area (TPSA) is 110 Å². The lowest BCUT2D eigenvalue weighted by molar-refractivity contribution is -0.138. The minimum Gasteiger partial charge on any atom is -0.481 e. The van der Waals surface area contributed by atoms with Crippen molar-refractivity contribution in [1.29, 1.82) is 0 Å². The molecule has 8 nitrogen and oxygen atoms in total. The van der Waals surface area contributed by atoms with Crippen LogP contribution in [0.25, 0.3) is 11.0 Å². The first kappa shape index (κ1) is 21.3. The summed E-state index contributed by atoms with van der Waals surface area (Å²) in [4.78, 5) is 47.4. The summed E-state index contributed by atoms with van der Waals surface area (Å²) >= 11 is 0. The molecule has 1 aliphatic carbocycles. The average molecular weight is 428 g/mol. The molecule has 0 spiro atoms. The third-order valence-electron chi connectivity index (χ3n) is 6.93. The van der Waals surface area contributed by atoms with E-state index in [9.17, 15) is 19.2 Å². The van der Waals surface area contributed by atoms with Crippen molar-refractivity contribution in [3.05, 3.63) is 34.2 Å². The Balaban J connectivity index is 1.49. The zero-order valence-electron chi connectivity index (χ0n) is 17.8. The smallest absolute Gasteiger partial charge is 0.329 e. The molecule has 1 aliphatic heterocycles. The molecule has 31 heavy (non-hydrogen) atoms. The van der Waals surface area contributed by atoms with E-state index in [2.05, 4.69) is 5.32 Å². The highest BCUT2D eigenvalue weighted by Gasteiger charge is 2.31. The van der Waals surface area contributed by atoms with Gasteiger partial charge in [0.2, 0.25) is 11.8 Å². The van der Waals surface area contributed by atoms with Crippen LogP contribution in [0, 0.1) is 11.8 Å². The quantitative estimate of drug-likeness (QED) is 0.689. The lowest BCUT2D eigenvalue weighted by atomic mass is 9.78. The summed E-state index contributed by atoms with van der Waals surface area (Å²) in [5.74, 6) is -0.361. The molecule has 2 N–H and O–H groups in total. The predicted octanol–water partition coefficient (Wildman–Crippen LogP) is 2.53. The minimum absolute atomic E-state index is 0.229. The Morgan fingerprint density at radius 3 is 2.45 bits per heavy atom. The molecule has 1 saturated heterocycles. The summed E-state index contributed by atoms with van der Waals surface area (Å²) in [5, 5.41) is 11.2. The van der Waals surface area contributed by atoms with Gasteiger partial charge in [-0.05, 0) is 61.6 Å². The number of piperidine rings is 1. The van der Waals surface area contributed by atoms with E-state index in [0.29, 0.717) is 23.8 Å². The monoisotopic (exact) mass is 427 g/mol. The number of hydrogen-bond donors (Lipinski definition) is 2. The Labute approximate surface area is 180 Å². The van der Waals surface area contributed by atoms with E-state index < -0.39 is 17.9 Å². The maximum atomic E-state index is 12.9. The van der Waals surface area contributed by atoms with Crippen LogP contribution in [0.4, 0.5) is 0 Å². The number of fused-ring (bicyclic) bond motifs is 1. The number of aliphatic carboxylic acids is 1. The van der Waals surface area contributed by atoms with Gasteiger partial charge in [-0.3, -0.25) is 28.8 Å². The van der Waals surface area contributed by atoms with Gasteiger partial charge in [0.1, 0.15) is 6.04 Å². The van der Waals surface area contributed by atoms with Crippen molar-refractivity contribution in [2.75, 3.05) is 0 Å². The maximum absolute atomic E-state index is 12.9. The van der Waals surface area contributed by atoms with E-state index in [4.69, 9.17) is 5.11 Å². The standard InChI is InChI=1S/C23H29N3O5/c1-25-19-13-16(12-15-4-2-14(3-5-15)7-11-21(28)29)6-8-17(19)26(23(25)31)18-9-10-20(27)24-22(18)30/h6,8,13-15,18H,2-5,7,9-12H2,1H3,(H,28,29)(H,24,27,30)/t14-,15-,18?. The Bertz CT molecular complexity index is 1070. The fourth-order valence-corrected chi connectivity index (χ4v) is 5.15. The van der Waals surface area contributed by atoms with E-state index in [1.807, 2.05) is 18.2 Å². The molecule has 1 unspecified atom stereocenters. The van der Waals surface area contributed by atoms with Crippen molar-refractivity contribution in [2.24, 2.45) is 18.9 Å². The number of aryl methyl sites for hydroxylation is 1. The number of carboxylic acid groups (broad SMARTS) is 1. The second-order valence-corrected chi connectivity index (χ2v) is 9.02. The van der Waals surface area contributed by atoms with Crippen molar-refractivity contribution in [3.63, 3.8) is 0 Å². The van der Waals surface area contributed by atoms with Gasteiger partial charge in [-0.2, -0.15) is 0 Å². The fourth-order valence-electron chi connectivity index (χ4n) is 5.15. The highest BCUT2D eigenvalue weighted by Crippen LogP contribution is 2.34. The summed E-state index contributed by atoms with van der Waals surface area (Å²) < 4.78 is 3.08. The Kier molecular flexibility index (Phi) is 5.98. The van der Waals surface area contributed by atoms with Crippen LogP contribution in [0.15, 0.2) is 23.0 Å². The number of hydrogen-bond acceptors (Lipinski definition) is 4. The molecule has 1 aromatic heterocycles. The van der Waals surface area contributed by atoms with Crippen LogP contribution >= 0.6 is 0 Å². The number of carbonyl (C=O) groups excluding carboxylic acids is 2. The third kappa shape index (κ3) is 4.43. The van der Waals surface area contributed by atoms with Gasteiger partial charge in [-0.15, -0.1) is 0 Å². The number of nitrogens with zero attached hydrogens (tertiary/aromatic N) is 2. The molecule has 0 radical (unpaired) electrons. The number of nitrogens with one attached hydrogen (secondary N) is 1. The number of carboxylic acids is 1. The van der Waals surface area contributed by atoms with Crippen molar-refractivity contribution in [1.82, 2.24) is 14.5 Å². The van der Waals surface area contributed by atoms with Crippen LogP contribution in [-0.4, -0.2) is 32.0 Å². The van der Waals surface area contributed by atoms with Crippen LogP contribution in [0.1, 0.15) is 63.0 Å². The molecule has 8 heteroatoms. The first-order valence-corrected chi connectivity index (χ1v) is 11.1. The second kappa shape index (κ2) is 8.69. The number of carbonyl (C=O) groups is 3. The normalized spacial score (nSPS) is 24.4. The van der Waals surface area contributed by atoms with Crippen LogP contribution in [0.5, 0.6) is 0 Å². The number of amides is 2. The van der Waals surface area contributed by atoms with Crippen molar-refractivity contribution in [2.45, 2.75) is 63.8 Å². The second-order valence-electron chi connectivity index (χ2n) is 9.02. The first-order valence-electron chi connectivity index (χ1n) is 11.1. The Hall–Kier alpha value is -2.90. The van der Waals surface area contributed by atoms with E-state index in [1.165, 1.54) is 4.57 Å². The van der Waals surface area contributed by atoms with E-state index in [-0.39, 0.29) is 24.4 Å². The van der Waals surface area contributed by atoms with Crippen molar-refractivity contribution < 1.29 is 19.5 Å². The van der Waals surface area contributed by atoms with Gasteiger partial charge < -0.3 is 5.11 Å². The number of benzene rings is 1. The van der Waals surface area contributed by atoms with Gasteiger partial charge in [0.05, 0.1) is 11.0 Å². The molecule has 1 aromatic carbocycles. The minimum atomic E-state index is -0.717. The third-order valence-corrected chi connectivity index (χ3v) is 6.93. The van der Waals surface area contributed by atoms with Gasteiger partial charge in [0.25, 0.3) is 0 Å². The zero-order chi connectivity index (χ0) is 22.1. The molecule has 4 rings (SSSR count). The molecule has 2 fully saturated rings. The summed E-state index contributed by atoms with van der Waals surface area (Å²) in [6.07, 6.45) is 6.85. The Morgan fingerprint density at radius 2 is 1.77 bits per heavy atom. The summed E-state index contributed by atoms with van der Waals surface area (Å²) in [5.41, 5.74) is 2.42. The lowest BCUT2D eigenvalue weighted by Crippen LogP contribution is -2.44. The molecule has 0 bridgehead atoms. The summed E-state index contributed by atoms with van der Waals surface area (Å²) in [6.45, 7) is 0. The molecule has 2 heterocycles. The van der Waals surface area contributed by atoms with Crippen LogP contribution in [0.2, 0.25) is 0 Å². The van der Waals surface area contributed by atoms with Gasteiger partial charge in [0.15, 0.2) is 0 Å². The van der Waals surface area contributed by atoms with Crippen molar-refractivity contribution >= 4 is 28.8 Å². The number of rotatable bonds is 6. The highest BCUT2D eigenvalue weighted by molar-refractivity contribution is 6.00. The summed E-state index contributed by atoms with van der Waals surface area (Å²) in [7, 11) is 1.71. The SMILES string of the molecule is Cn1c(=O)n(C2CCC(=O)NC2=O)c2ccc(C[C@H]3CC[C@H](CCC(=O)O)CC3)cc21. The molecule has 166 valence electrons. The molecule has 2 amide bonds. The molecular formula is C23H29N3O5. The molecule has 2 aliphatic rings. The molecule has 1 saturated carbocycles. The van der Waals surface area contributed by atoms with E-state index >= 15 is 0 Å². The zero-order valence-corrected chi connectivity index (χ0v) is 17.8. The number of imide groups is 1. The largest absolute Gasteiger partial charge is 0.481 e. The van der Waals surface area contributed by atoms with Gasteiger partial charge in [0, 0.05) is 19.9 Å². The maximum Gasteiger partial charge on any atom is 0.329 e. The molecule has 1 atom stereocenters. The van der Waals surface area contributed by atoms with E-state index in [1.54, 1.807) is 11.6 Å². The van der Waals surface area contributed by atoms with Crippen molar-refractivity contribution in [3.8, 4) is 0 Å².